The molecule has 0 aromatic heterocycles. The highest BCUT2D eigenvalue weighted by Gasteiger charge is 2.22. The Kier molecular flexibility index (Phi) is 4.80. The maximum absolute atomic E-state index is 13.1. The Labute approximate surface area is 93.7 Å². The molecular weight excluding hydrogens is 215 g/mol. The monoisotopic (exact) mass is 231 g/mol. The summed E-state index contributed by atoms with van der Waals surface area (Å²) in [6.07, 6.45) is -1.77. The fourth-order valence-corrected chi connectivity index (χ4v) is 1.60. The van der Waals surface area contributed by atoms with E-state index in [4.69, 9.17) is 0 Å². The average molecular weight is 231 g/mol. The lowest BCUT2D eigenvalue weighted by molar-refractivity contribution is 0.0983. The van der Waals surface area contributed by atoms with Crippen molar-refractivity contribution in [1.82, 2.24) is 5.32 Å². The molecule has 0 radical (unpaired) electrons. The van der Waals surface area contributed by atoms with Gasteiger partial charge >= 0.3 is 0 Å². The van der Waals surface area contributed by atoms with E-state index in [2.05, 4.69) is 5.32 Å². The molecule has 1 nitrogen and oxygen atoms in total. The minimum absolute atomic E-state index is 0.306. The minimum Gasteiger partial charge on any atom is -0.305 e. The molecule has 0 aliphatic heterocycles. The molecule has 90 valence electrons. The van der Waals surface area contributed by atoms with Crippen molar-refractivity contribution in [3.8, 4) is 0 Å². The molecular formula is C12H16F3N. The molecule has 0 spiro atoms. The van der Waals surface area contributed by atoms with Gasteiger partial charge < -0.3 is 5.32 Å². The number of hydrogen-bond acceptors (Lipinski definition) is 1. The van der Waals surface area contributed by atoms with Crippen LogP contribution in [0.15, 0.2) is 18.2 Å². The van der Waals surface area contributed by atoms with Crippen LogP contribution in [0.5, 0.6) is 0 Å². The second-order valence-electron chi connectivity index (χ2n) is 3.83. The molecule has 0 aliphatic rings. The molecule has 0 aliphatic carbocycles. The van der Waals surface area contributed by atoms with Gasteiger partial charge in [-0.25, -0.2) is 13.2 Å². The van der Waals surface area contributed by atoms with Gasteiger partial charge in [0.2, 0.25) is 0 Å². The van der Waals surface area contributed by atoms with Gasteiger partial charge in [-0.2, -0.15) is 0 Å². The lowest BCUT2D eigenvalue weighted by atomic mass is 10.0. The topological polar surface area (TPSA) is 12.0 Å². The second-order valence-corrected chi connectivity index (χ2v) is 3.83. The van der Waals surface area contributed by atoms with Gasteiger partial charge in [0, 0.05) is 0 Å². The maximum Gasteiger partial charge on any atom is 0.257 e. The third kappa shape index (κ3) is 3.52. The molecule has 0 saturated heterocycles. The van der Waals surface area contributed by atoms with Crippen LogP contribution < -0.4 is 5.32 Å². The molecule has 16 heavy (non-hydrogen) atoms. The molecule has 4 heteroatoms. The SMILES string of the molecule is CCCNC(c1cc(C)cc(F)c1)C(F)F. The zero-order chi connectivity index (χ0) is 12.1. The van der Waals surface area contributed by atoms with Crippen LogP contribution in [-0.2, 0) is 0 Å². The van der Waals surface area contributed by atoms with Gasteiger partial charge in [0.1, 0.15) is 5.82 Å². The third-order valence-electron chi connectivity index (χ3n) is 2.29. The van der Waals surface area contributed by atoms with Crippen LogP contribution in [-0.4, -0.2) is 13.0 Å². The van der Waals surface area contributed by atoms with Crippen molar-refractivity contribution in [2.75, 3.05) is 6.54 Å². The third-order valence-corrected chi connectivity index (χ3v) is 2.29. The predicted octanol–water partition coefficient (Wildman–Crippen LogP) is 3.44. The zero-order valence-electron chi connectivity index (χ0n) is 9.43. The Bertz CT molecular complexity index is 319. The summed E-state index contributed by atoms with van der Waals surface area (Å²) in [5.74, 6) is -0.473. The predicted molar refractivity (Wildman–Crippen MR) is 58.2 cm³/mol. The minimum atomic E-state index is -2.53. The van der Waals surface area contributed by atoms with Crippen molar-refractivity contribution in [3.63, 3.8) is 0 Å². The second kappa shape index (κ2) is 5.89. The van der Waals surface area contributed by atoms with E-state index in [0.717, 1.165) is 12.5 Å². The summed E-state index contributed by atoms with van der Waals surface area (Å²) in [6, 6.07) is 2.98. The quantitative estimate of drug-likeness (QED) is 0.818. The smallest absolute Gasteiger partial charge is 0.257 e. The normalized spacial score (nSPS) is 13.1. The average Bonchev–Trinajstić information content (AvgIpc) is 2.16. The number of aryl methyl sites for hydroxylation is 1. The first-order valence-corrected chi connectivity index (χ1v) is 5.33. The van der Waals surface area contributed by atoms with E-state index in [0.29, 0.717) is 17.7 Å². The highest BCUT2D eigenvalue weighted by molar-refractivity contribution is 5.26. The number of nitrogens with one attached hydrogen (secondary N) is 1. The maximum atomic E-state index is 13.1. The highest BCUT2D eigenvalue weighted by atomic mass is 19.3. The Hall–Kier alpha value is -1.03. The van der Waals surface area contributed by atoms with Crippen LogP contribution in [0.1, 0.15) is 30.5 Å². The van der Waals surface area contributed by atoms with E-state index >= 15 is 0 Å². The number of alkyl halides is 2. The van der Waals surface area contributed by atoms with Crippen molar-refractivity contribution in [1.29, 1.82) is 0 Å². The highest BCUT2D eigenvalue weighted by Crippen LogP contribution is 2.22. The van der Waals surface area contributed by atoms with Crippen molar-refractivity contribution in [2.45, 2.75) is 32.7 Å². The van der Waals surface area contributed by atoms with E-state index in [9.17, 15) is 13.2 Å². The summed E-state index contributed by atoms with van der Waals surface area (Å²) in [4.78, 5) is 0. The Morgan fingerprint density at radius 2 is 1.94 bits per heavy atom. The van der Waals surface area contributed by atoms with Gasteiger partial charge in [0.05, 0.1) is 6.04 Å². The lowest BCUT2D eigenvalue weighted by Crippen LogP contribution is -2.28. The first-order valence-electron chi connectivity index (χ1n) is 5.33. The van der Waals surface area contributed by atoms with Crippen LogP contribution in [0, 0.1) is 12.7 Å². The first kappa shape index (κ1) is 13.0. The largest absolute Gasteiger partial charge is 0.305 e. The summed E-state index contributed by atoms with van der Waals surface area (Å²) in [7, 11) is 0. The molecule has 0 amide bonds. The van der Waals surface area contributed by atoms with Gasteiger partial charge in [-0.1, -0.05) is 13.0 Å². The molecule has 1 aromatic rings. The van der Waals surface area contributed by atoms with Crippen LogP contribution in [0.4, 0.5) is 13.2 Å². The van der Waals surface area contributed by atoms with E-state index in [1.807, 2.05) is 6.92 Å². The van der Waals surface area contributed by atoms with Crippen molar-refractivity contribution < 1.29 is 13.2 Å². The molecule has 1 atom stereocenters. The zero-order valence-corrected chi connectivity index (χ0v) is 9.43. The van der Waals surface area contributed by atoms with Gasteiger partial charge in [0.25, 0.3) is 6.43 Å². The van der Waals surface area contributed by atoms with E-state index in [1.165, 1.54) is 6.07 Å². The Balaban J connectivity index is 2.91. The summed E-state index contributed by atoms with van der Waals surface area (Å²) in [5.41, 5.74) is 0.958. The number of rotatable bonds is 5. The summed E-state index contributed by atoms with van der Waals surface area (Å²) in [6.45, 7) is 4.08. The van der Waals surface area contributed by atoms with Crippen molar-refractivity contribution >= 4 is 0 Å². The van der Waals surface area contributed by atoms with Gasteiger partial charge in [0.15, 0.2) is 0 Å². The van der Waals surface area contributed by atoms with Gasteiger partial charge in [-0.05, 0) is 43.1 Å². The number of benzene rings is 1. The molecule has 1 N–H and O–H groups in total. The molecule has 1 rings (SSSR count). The van der Waals surface area contributed by atoms with Crippen LogP contribution in [0.2, 0.25) is 0 Å². The summed E-state index contributed by atoms with van der Waals surface area (Å²) < 4.78 is 38.7. The molecule has 0 saturated carbocycles. The van der Waals surface area contributed by atoms with Crippen molar-refractivity contribution in [3.05, 3.63) is 35.1 Å². The van der Waals surface area contributed by atoms with Crippen LogP contribution in [0.3, 0.4) is 0 Å². The first-order chi connectivity index (χ1) is 7.54. The Morgan fingerprint density at radius 1 is 1.25 bits per heavy atom. The lowest BCUT2D eigenvalue weighted by Gasteiger charge is -2.18. The fraction of sp³-hybridized carbons (Fsp3) is 0.500. The molecule has 0 heterocycles. The molecule has 0 bridgehead atoms. The van der Waals surface area contributed by atoms with Crippen LogP contribution in [0.25, 0.3) is 0 Å². The summed E-state index contributed by atoms with van der Waals surface area (Å²) >= 11 is 0. The van der Waals surface area contributed by atoms with Crippen LogP contribution >= 0.6 is 0 Å². The molecule has 1 aromatic carbocycles. The Morgan fingerprint density at radius 3 is 2.44 bits per heavy atom. The van der Waals surface area contributed by atoms with Gasteiger partial charge in [-0.3, -0.25) is 0 Å². The molecule has 0 fully saturated rings. The van der Waals surface area contributed by atoms with E-state index in [1.54, 1.807) is 13.0 Å². The van der Waals surface area contributed by atoms with E-state index < -0.39 is 18.3 Å². The standard InChI is InChI=1S/C12H16F3N/c1-3-4-16-11(12(14)15)9-5-8(2)6-10(13)7-9/h5-7,11-12,16H,3-4H2,1-2H3. The van der Waals surface area contributed by atoms with Crippen molar-refractivity contribution in [2.24, 2.45) is 0 Å². The fourth-order valence-electron chi connectivity index (χ4n) is 1.60. The molecule has 1 unspecified atom stereocenters. The van der Waals surface area contributed by atoms with E-state index in [-0.39, 0.29) is 0 Å². The summed E-state index contributed by atoms with van der Waals surface area (Å²) in [5, 5.41) is 2.72. The number of hydrogen-bond donors (Lipinski definition) is 1. The van der Waals surface area contributed by atoms with Gasteiger partial charge in [-0.15, -0.1) is 0 Å². The number of halogens is 3.